The van der Waals surface area contributed by atoms with Crippen molar-refractivity contribution in [1.29, 1.82) is 0 Å². The molecule has 1 saturated heterocycles. The molecule has 1 heterocycles. The summed E-state index contributed by atoms with van der Waals surface area (Å²) in [6.07, 6.45) is 1.99. The fourth-order valence-electron chi connectivity index (χ4n) is 2.83. The number of nitrogens with zero attached hydrogens (tertiary/aromatic N) is 1. The van der Waals surface area contributed by atoms with Gasteiger partial charge in [0.05, 0.1) is 0 Å². The predicted molar refractivity (Wildman–Crippen MR) is 87.1 cm³/mol. The molecular formula is C18H26N2O2. The molecule has 0 aliphatic carbocycles. The third-order valence-electron chi connectivity index (χ3n) is 4.40. The van der Waals surface area contributed by atoms with E-state index in [4.69, 9.17) is 0 Å². The Bertz CT molecular complexity index is 527. The van der Waals surface area contributed by atoms with Gasteiger partial charge in [0.15, 0.2) is 0 Å². The maximum absolute atomic E-state index is 12.6. The van der Waals surface area contributed by atoms with E-state index < -0.39 is 5.54 Å². The largest absolute Gasteiger partial charge is 0.354 e. The standard InChI is InChI=1S/C18H26N2O2/c1-14(2)10-12-19-17(22)18(3)11-9-16(21)20(18)13-15-7-5-4-6-8-15/h4-8,14H,9-13H2,1-3H3,(H,19,22). The highest BCUT2D eigenvalue weighted by atomic mass is 16.2. The number of benzene rings is 1. The van der Waals surface area contributed by atoms with E-state index in [0.29, 0.717) is 31.8 Å². The zero-order valence-electron chi connectivity index (χ0n) is 13.8. The van der Waals surface area contributed by atoms with E-state index in [1.807, 2.05) is 37.3 Å². The first kappa shape index (κ1) is 16.5. The molecule has 1 aliphatic heterocycles. The van der Waals surface area contributed by atoms with E-state index in [0.717, 1.165) is 12.0 Å². The molecule has 120 valence electrons. The Morgan fingerprint density at radius 3 is 2.64 bits per heavy atom. The lowest BCUT2D eigenvalue weighted by Crippen LogP contribution is -2.54. The zero-order valence-corrected chi connectivity index (χ0v) is 13.8. The number of hydrogen-bond acceptors (Lipinski definition) is 2. The average molecular weight is 302 g/mol. The normalized spacial score (nSPS) is 21.5. The van der Waals surface area contributed by atoms with E-state index in [1.54, 1.807) is 4.90 Å². The minimum absolute atomic E-state index is 0.0325. The van der Waals surface area contributed by atoms with Crippen LogP contribution >= 0.6 is 0 Å². The van der Waals surface area contributed by atoms with Gasteiger partial charge >= 0.3 is 0 Å². The summed E-state index contributed by atoms with van der Waals surface area (Å²) in [5.74, 6) is 0.582. The van der Waals surface area contributed by atoms with E-state index in [2.05, 4.69) is 19.2 Å². The van der Waals surface area contributed by atoms with Crippen LogP contribution in [0.5, 0.6) is 0 Å². The minimum Gasteiger partial charge on any atom is -0.354 e. The molecule has 1 aromatic carbocycles. The first-order valence-electron chi connectivity index (χ1n) is 8.06. The van der Waals surface area contributed by atoms with E-state index in [9.17, 15) is 9.59 Å². The van der Waals surface area contributed by atoms with Crippen LogP contribution in [-0.4, -0.2) is 28.8 Å². The molecule has 0 aromatic heterocycles. The topological polar surface area (TPSA) is 49.4 Å². The van der Waals surface area contributed by atoms with Crippen molar-refractivity contribution >= 4 is 11.8 Å². The lowest BCUT2D eigenvalue weighted by Gasteiger charge is -2.34. The Kier molecular flexibility index (Phi) is 5.22. The fraction of sp³-hybridized carbons (Fsp3) is 0.556. The van der Waals surface area contributed by atoms with Crippen molar-refractivity contribution in [2.75, 3.05) is 6.54 Å². The fourth-order valence-corrected chi connectivity index (χ4v) is 2.83. The molecule has 4 heteroatoms. The predicted octanol–water partition coefficient (Wildman–Crippen LogP) is 2.73. The monoisotopic (exact) mass is 302 g/mol. The van der Waals surface area contributed by atoms with Crippen molar-refractivity contribution in [2.24, 2.45) is 5.92 Å². The van der Waals surface area contributed by atoms with Gasteiger partial charge in [-0.2, -0.15) is 0 Å². The quantitative estimate of drug-likeness (QED) is 0.878. The van der Waals surface area contributed by atoms with Gasteiger partial charge in [-0.25, -0.2) is 0 Å². The van der Waals surface area contributed by atoms with Gasteiger partial charge in [0.25, 0.3) is 0 Å². The van der Waals surface area contributed by atoms with Crippen molar-refractivity contribution in [2.45, 2.75) is 52.1 Å². The number of amides is 2. The summed E-state index contributed by atoms with van der Waals surface area (Å²) in [6, 6.07) is 9.84. The second-order valence-corrected chi connectivity index (χ2v) is 6.68. The molecule has 0 bridgehead atoms. The summed E-state index contributed by atoms with van der Waals surface area (Å²) in [6.45, 7) is 7.31. The molecule has 0 saturated carbocycles. The first-order chi connectivity index (χ1) is 10.4. The highest BCUT2D eigenvalue weighted by Gasteiger charge is 2.46. The number of carbonyl (C=O) groups is 2. The van der Waals surface area contributed by atoms with Crippen molar-refractivity contribution in [3.63, 3.8) is 0 Å². The summed E-state index contributed by atoms with van der Waals surface area (Å²) < 4.78 is 0. The molecule has 1 N–H and O–H groups in total. The molecule has 1 aromatic rings. The highest BCUT2D eigenvalue weighted by Crippen LogP contribution is 2.31. The molecule has 1 unspecified atom stereocenters. The van der Waals surface area contributed by atoms with Crippen LogP contribution in [0.3, 0.4) is 0 Å². The average Bonchev–Trinajstić information content (AvgIpc) is 2.77. The van der Waals surface area contributed by atoms with Crippen molar-refractivity contribution < 1.29 is 9.59 Å². The maximum Gasteiger partial charge on any atom is 0.245 e. The third-order valence-corrected chi connectivity index (χ3v) is 4.40. The van der Waals surface area contributed by atoms with Gasteiger partial charge < -0.3 is 10.2 Å². The molecule has 2 amide bonds. The Morgan fingerprint density at radius 1 is 1.32 bits per heavy atom. The summed E-state index contributed by atoms with van der Waals surface area (Å²) in [7, 11) is 0. The van der Waals surface area contributed by atoms with Gasteiger partial charge in [-0.3, -0.25) is 9.59 Å². The van der Waals surface area contributed by atoms with E-state index in [1.165, 1.54) is 0 Å². The Labute approximate surface area is 132 Å². The smallest absolute Gasteiger partial charge is 0.245 e. The number of hydrogen-bond donors (Lipinski definition) is 1. The van der Waals surface area contributed by atoms with Crippen LogP contribution in [0, 0.1) is 5.92 Å². The minimum atomic E-state index is -0.732. The van der Waals surface area contributed by atoms with Gasteiger partial charge in [0.2, 0.25) is 11.8 Å². The third kappa shape index (κ3) is 3.67. The lowest BCUT2D eigenvalue weighted by atomic mass is 9.97. The number of carbonyl (C=O) groups excluding carboxylic acids is 2. The summed E-state index contributed by atoms with van der Waals surface area (Å²) in [5, 5.41) is 3.00. The van der Waals surface area contributed by atoms with Crippen LogP contribution in [0.4, 0.5) is 0 Å². The van der Waals surface area contributed by atoms with Gasteiger partial charge in [0.1, 0.15) is 5.54 Å². The van der Waals surface area contributed by atoms with E-state index >= 15 is 0 Å². The molecule has 0 radical (unpaired) electrons. The molecule has 0 spiro atoms. The van der Waals surface area contributed by atoms with Gasteiger partial charge in [-0.15, -0.1) is 0 Å². The number of likely N-dealkylation sites (tertiary alicyclic amines) is 1. The van der Waals surface area contributed by atoms with Crippen molar-refractivity contribution in [3.05, 3.63) is 35.9 Å². The van der Waals surface area contributed by atoms with Crippen molar-refractivity contribution in [1.82, 2.24) is 10.2 Å². The maximum atomic E-state index is 12.6. The van der Waals surface area contributed by atoms with E-state index in [-0.39, 0.29) is 11.8 Å². The van der Waals surface area contributed by atoms with Crippen LogP contribution in [-0.2, 0) is 16.1 Å². The Morgan fingerprint density at radius 2 is 2.00 bits per heavy atom. The molecule has 2 rings (SSSR count). The van der Waals surface area contributed by atoms with Crippen molar-refractivity contribution in [3.8, 4) is 0 Å². The zero-order chi connectivity index (χ0) is 16.2. The van der Waals surface area contributed by atoms with Crippen LogP contribution in [0.1, 0.15) is 45.6 Å². The molecule has 22 heavy (non-hydrogen) atoms. The van der Waals surface area contributed by atoms with Crippen LogP contribution in [0.25, 0.3) is 0 Å². The second kappa shape index (κ2) is 6.95. The SMILES string of the molecule is CC(C)CCNC(=O)C1(C)CCC(=O)N1Cc1ccccc1. The molecule has 1 atom stereocenters. The van der Waals surface area contributed by atoms with Gasteiger partial charge in [-0.1, -0.05) is 44.2 Å². The second-order valence-electron chi connectivity index (χ2n) is 6.68. The summed E-state index contributed by atoms with van der Waals surface area (Å²) >= 11 is 0. The summed E-state index contributed by atoms with van der Waals surface area (Å²) in [5.41, 5.74) is 0.322. The van der Waals surface area contributed by atoms with Gasteiger partial charge in [0, 0.05) is 19.5 Å². The van der Waals surface area contributed by atoms with Crippen LogP contribution < -0.4 is 5.32 Å². The molecular weight excluding hydrogens is 276 g/mol. The molecule has 4 nitrogen and oxygen atoms in total. The Balaban J connectivity index is 2.06. The lowest BCUT2D eigenvalue weighted by molar-refractivity contribution is -0.141. The number of nitrogens with one attached hydrogen (secondary N) is 1. The van der Waals surface area contributed by atoms with Crippen LogP contribution in [0.2, 0.25) is 0 Å². The number of rotatable bonds is 6. The molecule has 1 aliphatic rings. The molecule has 1 fully saturated rings. The van der Waals surface area contributed by atoms with Crippen LogP contribution in [0.15, 0.2) is 30.3 Å². The summed E-state index contributed by atoms with van der Waals surface area (Å²) in [4.78, 5) is 26.5. The first-order valence-corrected chi connectivity index (χ1v) is 8.06. The Hall–Kier alpha value is -1.84. The van der Waals surface area contributed by atoms with Gasteiger partial charge in [-0.05, 0) is 31.2 Å². The highest BCUT2D eigenvalue weighted by molar-refractivity contribution is 5.94.